The van der Waals surface area contributed by atoms with Gasteiger partial charge in [-0.2, -0.15) is 0 Å². The van der Waals surface area contributed by atoms with E-state index in [0.29, 0.717) is 69.7 Å². The molecule has 0 spiro atoms. The molecule has 3 fully saturated rings. The average molecular weight is 1400 g/mol. The van der Waals surface area contributed by atoms with Gasteiger partial charge < -0.3 is 74.4 Å². The number of carbonyl (C=O) groups is 3. The Morgan fingerprint density at radius 2 is 0.608 bits per heavy atom. The van der Waals surface area contributed by atoms with Crippen molar-refractivity contribution in [2.75, 3.05) is 98.5 Å². The van der Waals surface area contributed by atoms with Crippen LogP contribution in [0.15, 0.2) is 123 Å². The Hall–Kier alpha value is -10.1. The van der Waals surface area contributed by atoms with Crippen molar-refractivity contribution in [2.45, 2.75) is 99.7 Å². The Bertz CT molecular complexity index is 3880. The van der Waals surface area contributed by atoms with Gasteiger partial charge in [0.1, 0.15) is 34.5 Å². The molecule has 3 aliphatic rings. The number of morpholine rings is 3. The average Bonchev–Trinajstić information content (AvgIpc) is 1.14. The van der Waals surface area contributed by atoms with E-state index in [9.17, 15) is 45.0 Å². The lowest BCUT2D eigenvalue weighted by atomic mass is 9.94. The summed E-state index contributed by atoms with van der Waals surface area (Å²) in [4.78, 5) is 45.3. The summed E-state index contributed by atoms with van der Waals surface area (Å²) in [5.74, 6) is -0.580. The van der Waals surface area contributed by atoms with Crippen molar-refractivity contribution in [3.63, 3.8) is 0 Å². The van der Waals surface area contributed by atoms with Gasteiger partial charge in [-0.05, 0) is 107 Å². The zero-order valence-corrected chi connectivity index (χ0v) is 59.4. The van der Waals surface area contributed by atoms with Crippen molar-refractivity contribution < 1.29 is 72.8 Å². The number of aromatic hydroxyl groups is 6. The number of hydrogen-bond donors (Lipinski definition) is 9. The van der Waals surface area contributed by atoms with E-state index < -0.39 is 0 Å². The Kier molecular flexibility index (Phi) is 25.3. The number of nitrogens with one attached hydrogen (secondary N) is 3. The third-order valence-corrected chi connectivity index (χ3v) is 18.0. The highest BCUT2D eigenvalue weighted by Crippen LogP contribution is 2.47. The van der Waals surface area contributed by atoms with Crippen molar-refractivity contribution >= 4 is 17.7 Å². The van der Waals surface area contributed by atoms with Gasteiger partial charge in [0.15, 0.2) is 34.4 Å². The molecule has 3 aromatic heterocycles. The fourth-order valence-corrected chi connectivity index (χ4v) is 12.5. The predicted molar refractivity (Wildman–Crippen MR) is 387 cm³/mol. The summed E-state index contributed by atoms with van der Waals surface area (Å²) in [5, 5.41) is 83.2. The first-order valence-electron chi connectivity index (χ1n) is 34.9. The van der Waals surface area contributed by atoms with Gasteiger partial charge in [0, 0.05) is 96.7 Å². The molecule has 3 aliphatic heterocycles. The fraction of sp³-hybridized carbons (Fsp3) is 0.385. The third-order valence-electron chi connectivity index (χ3n) is 18.0. The molecule has 24 heteroatoms. The van der Waals surface area contributed by atoms with Gasteiger partial charge in [-0.1, -0.05) is 130 Å². The highest BCUT2D eigenvalue weighted by atomic mass is 16.5. The minimum absolute atomic E-state index is 0.00808. The van der Waals surface area contributed by atoms with E-state index in [1.54, 1.807) is 18.2 Å². The molecule has 0 radical (unpaired) electrons. The Balaban J connectivity index is 0.000000165. The molecule has 0 unspecified atom stereocenters. The highest BCUT2D eigenvalue weighted by Gasteiger charge is 2.31. The second-order valence-corrected chi connectivity index (χ2v) is 26.3. The van der Waals surface area contributed by atoms with Crippen LogP contribution >= 0.6 is 0 Å². The Morgan fingerprint density at radius 3 is 0.824 bits per heavy atom. The van der Waals surface area contributed by atoms with E-state index in [1.807, 2.05) is 135 Å². The zero-order chi connectivity index (χ0) is 72.7. The van der Waals surface area contributed by atoms with Crippen LogP contribution in [0.4, 0.5) is 0 Å². The molecule has 9 aromatic rings. The molecule has 540 valence electrons. The van der Waals surface area contributed by atoms with E-state index in [2.05, 4.69) is 46.1 Å². The Labute approximate surface area is 593 Å². The van der Waals surface area contributed by atoms with Crippen LogP contribution in [0.1, 0.15) is 145 Å². The van der Waals surface area contributed by atoms with Gasteiger partial charge in [-0.25, -0.2) is 0 Å². The number of benzene rings is 6. The van der Waals surface area contributed by atoms with Gasteiger partial charge in [-0.15, -0.1) is 0 Å². The first kappa shape index (κ1) is 74.6. The summed E-state index contributed by atoms with van der Waals surface area (Å²) in [5.41, 5.74) is 10.8. The first-order chi connectivity index (χ1) is 49.2. The monoisotopic (exact) mass is 1400 g/mol. The predicted octanol–water partition coefficient (Wildman–Crippen LogP) is 12.4. The molecule has 6 heterocycles. The molecule has 3 amide bonds. The zero-order valence-electron chi connectivity index (χ0n) is 59.4. The summed E-state index contributed by atoms with van der Waals surface area (Å²) in [6.45, 7) is 30.8. The maximum Gasteiger partial charge on any atom is 0.274 e. The molecule has 0 aliphatic carbocycles. The second kappa shape index (κ2) is 34.5. The molecular formula is C78H93N9O15. The van der Waals surface area contributed by atoms with Crippen LogP contribution in [0, 0.1) is 0 Å². The molecule has 3 saturated heterocycles. The number of nitrogens with zero attached hydrogens (tertiary/aromatic N) is 6. The number of phenols is 6. The molecule has 0 saturated carbocycles. The number of amides is 3. The smallest absolute Gasteiger partial charge is 0.274 e. The summed E-state index contributed by atoms with van der Waals surface area (Å²) in [6, 6.07) is 32.8. The number of hydrogen-bond acceptors (Lipinski definition) is 21. The highest BCUT2D eigenvalue weighted by molar-refractivity contribution is 6.05. The van der Waals surface area contributed by atoms with Crippen LogP contribution < -0.4 is 16.0 Å². The van der Waals surface area contributed by atoms with Gasteiger partial charge in [-0.3, -0.25) is 29.1 Å². The molecule has 102 heavy (non-hydrogen) atoms. The largest absolute Gasteiger partial charge is 0.508 e. The fourth-order valence-electron chi connectivity index (χ4n) is 12.5. The molecule has 0 atom stereocenters. The number of carbonyl (C=O) groups excluding carboxylic acids is 3. The van der Waals surface area contributed by atoms with Gasteiger partial charge >= 0.3 is 0 Å². The molecule has 0 bridgehead atoms. The van der Waals surface area contributed by atoms with Gasteiger partial charge in [0.05, 0.1) is 73.0 Å². The van der Waals surface area contributed by atoms with Crippen LogP contribution in [-0.4, -0.2) is 177 Å². The molecule has 9 N–H and O–H groups in total. The van der Waals surface area contributed by atoms with Crippen molar-refractivity contribution in [3.05, 3.63) is 160 Å². The number of ether oxygens (including phenoxy) is 3. The maximum atomic E-state index is 12.8. The standard InChI is InChI=1S/3C26H31N3O5/c3*1-4-27-26(32)24-23(18-7-5-17(6-8-18)15-29-9-11-33-12-10-29)25(34-28-24)20-13-19(16(2)3)21(30)14-22(20)31/h3*5-8,13-14,16,30-31H,4,9-12,15H2,1-3H3,(H,27,32). The van der Waals surface area contributed by atoms with E-state index in [0.717, 1.165) is 132 Å². The minimum Gasteiger partial charge on any atom is -0.508 e. The van der Waals surface area contributed by atoms with Crippen molar-refractivity contribution in [2.24, 2.45) is 0 Å². The third kappa shape index (κ3) is 17.8. The van der Waals surface area contributed by atoms with Crippen LogP contribution in [0.25, 0.3) is 67.4 Å². The lowest BCUT2D eigenvalue weighted by molar-refractivity contribution is 0.0341. The quantitative estimate of drug-likeness (QED) is 0.0323. The van der Waals surface area contributed by atoms with Gasteiger partial charge in [0.2, 0.25) is 0 Å². The second-order valence-electron chi connectivity index (χ2n) is 26.3. The van der Waals surface area contributed by atoms with E-state index >= 15 is 0 Å². The molecule has 6 aromatic carbocycles. The normalized spacial score (nSPS) is 14.5. The maximum absolute atomic E-state index is 12.8. The minimum atomic E-state index is -0.354. The lowest BCUT2D eigenvalue weighted by Gasteiger charge is -2.26. The van der Waals surface area contributed by atoms with Crippen molar-refractivity contribution in [3.8, 4) is 102 Å². The molecular weight excluding hydrogens is 1300 g/mol. The summed E-state index contributed by atoms with van der Waals surface area (Å²) in [7, 11) is 0. The van der Waals surface area contributed by atoms with Crippen molar-refractivity contribution in [1.29, 1.82) is 0 Å². The topological polar surface area (TPSA) is 324 Å². The molecule has 12 rings (SSSR count). The lowest BCUT2D eigenvalue weighted by Crippen LogP contribution is -2.35. The number of aromatic nitrogens is 3. The number of rotatable bonds is 21. The Morgan fingerprint density at radius 1 is 0.373 bits per heavy atom. The number of phenolic OH excluding ortho intramolecular Hbond substituents is 6. The molecule has 24 nitrogen and oxygen atoms in total. The van der Waals surface area contributed by atoms with E-state index in [1.165, 1.54) is 18.2 Å². The SMILES string of the molecule is CCNC(=O)c1noc(-c2cc(C(C)C)c(O)cc2O)c1-c1ccc(CN2CCOCC2)cc1.CCNC(=O)c1noc(-c2cc(C(C)C)c(O)cc2O)c1-c1ccc(CN2CCOCC2)cc1.CCNC(=O)c1noc(-c2cc(C(C)C)c(O)cc2O)c1-c1ccc(CN2CCOCC2)cc1. The van der Waals surface area contributed by atoms with E-state index in [-0.39, 0.29) is 104 Å². The van der Waals surface area contributed by atoms with Crippen LogP contribution in [0.2, 0.25) is 0 Å². The van der Waals surface area contributed by atoms with Crippen molar-refractivity contribution in [1.82, 2.24) is 46.1 Å². The van der Waals surface area contributed by atoms with Crippen LogP contribution in [-0.2, 0) is 33.8 Å². The first-order valence-corrected chi connectivity index (χ1v) is 34.9. The summed E-state index contributed by atoms with van der Waals surface area (Å²) in [6.07, 6.45) is 0. The summed E-state index contributed by atoms with van der Waals surface area (Å²) >= 11 is 0. The van der Waals surface area contributed by atoms with E-state index in [4.69, 9.17) is 27.8 Å². The summed E-state index contributed by atoms with van der Waals surface area (Å²) < 4.78 is 33.2. The van der Waals surface area contributed by atoms with Crippen LogP contribution in [0.5, 0.6) is 34.5 Å². The van der Waals surface area contributed by atoms with Gasteiger partial charge in [0.25, 0.3) is 17.7 Å². The van der Waals surface area contributed by atoms with Crippen LogP contribution in [0.3, 0.4) is 0 Å².